The van der Waals surface area contributed by atoms with Crippen LogP contribution < -0.4 is 5.56 Å². The third-order valence-electron chi connectivity index (χ3n) is 2.88. The van der Waals surface area contributed by atoms with Crippen molar-refractivity contribution in [2.24, 2.45) is 0 Å². The Kier molecular flexibility index (Phi) is 2.54. The molecule has 1 aromatic heterocycles. The Morgan fingerprint density at radius 2 is 1.81 bits per heavy atom. The molecule has 0 spiro atoms. The van der Waals surface area contributed by atoms with Crippen LogP contribution in [0, 0.1) is 13.8 Å². The number of hydrogen-bond donors (Lipinski definition) is 1. The average molecular weight is 216 g/mol. The lowest BCUT2D eigenvalue weighted by Gasteiger charge is -2.07. The maximum atomic E-state index is 11.8. The fraction of sp³-hybridized carbons (Fsp3) is 0.385. The molecule has 2 aromatic rings. The highest BCUT2D eigenvalue weighted by atomic mass is 16.1. The molecule has 0 aliphatic rings. The summed E-state index contributed by atoms with van der Waals surface area (Å²) in [6.45, 7) is 8.04. The van der Waals surface area contributed by atoms with E-state index in [9.17, 15) is 4.79 Å². The first-order chi connectivity index (χ1) is 7.49. The highest BCUT2D eigenvalue weighted by molar-refractivity contribution is 5.76. The Hall–Kier alpha value is -1.64. The molecular weight excluding hydrogens is 200 g/mol. The standard InChI is InChI=1S/C13H16N2O/c1-7(2)12-13(16)15-11-6-9(4)8(3)5-10(11)14-12/h5-7H,1-4H3,(H,15,16). The molecule has 0 radical (unpaired) electrons. The first-order valence-electron chi connectivity index (χ1n) is 5.50. The molecule has 0 amide bonds. The van der Waals surface area contributed by atoms with Crippen LogP contribution in [-0.4, -0.2) is 9.97 Å². The van der Waals surface area contributed by atoms with E-state index in [2.05, 4.69) is 16.9 Å². The van der Waals surface area contributed by atoms with E-state index in [1.54, 1.807) is 0 Å². The summed E-state index contributed by atoms with van der Waals surface area (Å²) in [6.07, 6.45) is 0. The molecule has 1 heterocycles. The molecule has 0 atom stereocenters. The SMILES string of the molecule is Cc1cc2nc(C(C)C)c(=O)[nH]c2cc1C. The van der Waals surface area contributed by atoms with E-state index < -0.39 is 0 Å². The van der Waals surface area contributed by atoms with Gasteiger partial charge in [0.05, 0.1) is 11.0 Å². The van der Waals surface area contributed by atoms with Crippen LogP contribution >= 0.6 is 0 Å². The summed E-state index contributed by atoms with van der Waals surface area (Å²) in [6, 6.07) is 4.00. The quantitative estimate of drug-likeness (QED) is 0.796. The van der Waals surface area contributed by atoms with Crippen LogP contribution in [0.4, 0.5) is 0 Å². The van der Waals surface area contributed by atoms with Gasteiger partial charge in [-0.3, -0.25) is 4.79 Å². The summed E-state index contributed by atoms with van der Waals surface area (Å²) in [5.41, 5.74) is 4.58. The summed E-state index contributed by atoms with van der Waals surface area (Å²) in [5.74, 6) is 0.148. The van der Waals surface area contributed by atoms with Crippen molar-refractivity contribution in [3.8, 4) is 0 Å². The van der Waals surface area contributed by atoms with Crippen molar-refractivity contribution in [2.45, 2.75) is 33.6 Å². The van der Waals surface area contributed by atoms with Gasteiger partial charge in [0.15, 0.2) is 0 Å². The van der Waals surface area contributed by atoms with Crippen molar-refractivity contribution >= 4 is 11.0 Å². The van der Waals surface area contributed by atoms with Gasteiger partial charge < -0.3 is 4.98 Å². The van der Waals surface area contributed by atoms with Gasteiger partial charge in [0, 0.05) is 5.92 Å². The van der Waals surface area contributed by atoms with E-state index in [1.807, 2.05) is 32.9 Å². The Balaban J connectivity index is 2.80. The van der Waals surface area contributed by atoms with E-state index in [-0.39, 0.29) is 11.5 Å². The van der Waals surface area contributed by atoms with Gasteiger partial charge in [0.25, 0.3) is 5.56 Å². The zero-order chi connectivity index (χ0) is 11.9. The molecule has 1 aromatic carbocycles. The largest absolute Gasteiger partial charge is 0.319 e. The van der Waals surface area contributed by atoms with Gasteiger partial charge in [-0.15, -0.1) is 0 Å². The summed E-state index contributed by atoms with van der Waals surface area (Å²) in [4.78, 5) is 19.1. The molecule has 2 rings (SSSR count). The number of aryl methyl sites for hydroxylation is 2. The number of benzene rings is 1. The summed E-state index contributed by atoms with van der Waals surface area (Å²) >= 11 is 0. The van der Waals surface area contributed by atoms with Gasteiger partial charge >= 0.3 is 0 Å². The van der Waals surface area contributed by atoms with Crippen molar-refractivity contribution in [3.05, 3.63) is 39.3 Å². The number of aromatic nitrogens is 2. The minimum Gasteiger partial charge on any atom is -0.319 e. The van der Waals surface area contributed by atoms with Gasteiger partial charge in [-0.25, -0.2) is 4.98 Å². The first kappa shape index (κ1) is 10.9. The van der Waals surface area contributed by atoms with E-state index in [1.165, 1.54) is 11.1 Å². The third-order valence-corrected chi connectivity index (χ3v) is 2.88. The zero-order valence-electron chi connectivity index (χ0n) is 10.1. The van der Waals surface area contributed by atoms with E-state index in [0.717, 1.165) is 11.0 Å². The molecule has 0 unspecified atom stereocenters. The first-order valence-corrected chi connectivity index (χ1v) is 5.50. The number of rotatable bonds is 1. The van der Waals surface area contributed by atoms with Crippen molar-refractivity contribution in [1.82, 2.24) is 9.97 Å². The maximum absolute atomic E-state index is 11.8. The number of H-pyrrole nitrogens is 1. The van der Waals surface area contributed by atoms with Crippen LogP contribution in [0.3, 0.4) is 0 Å². The Labute approximate surface area is 94.5 Å². The van der Waals surface area contributed by atoms with Gasteiger partial charge in [-0.05, 0) is 37.1 Å². The topological polar surface area (TPSA) is 45.8 Å². The summed E-state index contributed by atoms with van der Waals surface area (Å²) < 4.78 is 0. The van der Waals surface area contributed by atoms with Crippen molar-refractivity contribution in [2.75, 3.05) is 0 Å². The lowest BCUT2D eigenvalue weighted by molar-refractivity contribution is 0.807. The fourth-order valence-corrected chi connectivity index (χ4v) is 1.75. The lowest BCUT2D eigenvalue weighted by atomic mass is 10.1. The summed E-state index contributed by atoms with van der Waals surface area (Å²) in [5, 5.41) is 0. The average Bonchev–Trinajstić information content (AvgIpc) is 2.19. The number of nitrogens with zero attached hydrogens (tertiary/aromatic N) is 1. The second-order valence-corrected chi connectivity index (χ2v) is 4.56. The Morgan fingerprint density at radius 3 is 2.44 bits per heavy atom. The maximum Gasteiger partial charge on any atom is 0.270 e. The molecule has 1 N–H and O–H groups in total. The number of aromatic amines is 1. The van der Waals surface area contributed by atoms with Crippen molar-refractivity contribution in [3.63, 3.8) is 0 Å². The molecule has 0 bridgehead atoms. The van der Waals surface area contributed by atoms with E-state index >= 15 is 0 Å². The van der Waals surface area contributed by atoms with Gasteiger partial charge in [0.1, 0.15) is 5.69 Å². The predicted molar refractivity (Wildman–Crippen MR) is 65.9 cm³/mol. The second kappa shape index (κ2) is 3.74. The van der Waals surface area contributed by atoms with Gasteiger partial charge in [-0.2, -0.15) is 0 Å². The highest BCUT2D eigenvalue weighted by Gasteiger charge is 2.09. The predicted octanol–water partition coefficient (Wildman–Crippen LogP) is 2.66. The molecule has 3 nitrogen and oxygen atoms in total. The third kappa shape index (κ3) is 1.73. The zero-order valence-corrected chi connectivity index (χ0v) is 10.1. The molecular formula is C13H16N2O. The molecule has 84 valence electrons. The molecule has 0 saturated heterocycles. The number of nitrogens with one attached hydrogen (secondary N) is 1. The summed E-state index contributed by atoms with van der Waals surface area (Å²) in [7, 11) is 0. The second-order valence-electron chi connectivity index (χ2n) is 4.56. The van der Waals surface area contributed by atoms with Crippen molar-refractivity contribution < 1.29 is 0 Å². The van der Waals surface area contributed by atoms with E-state index in [0.29, 0.717) is 5.69 Å². The van der Waals surface area contributed by atoms with Gasteiger partial charge in [-0.1, -0.05) is 13.8 Å². The van der Waals surface area contributed by atoms with Crippen LogP contribution in [0.1, 0.15) is 36.6 Å². The van der Waals surface area contributed by atoms with Crippen molar-refractivity contribution in [1.29, 1.82) is 0 Å². The minimum atomic E-state index is -0.0780. The van der Waals surface area contributed by atoms with E-state index in [4.69, 9.17) is 0 Å². The van der Waals surface area contributed by atoms with Crippen LogP contribution in [0.25, 0.3) is 11.0 Å². The monoisotopic (exact) mass is 216 g/mol. The molecule has 0 aliphatic heterocycles. The molecule has 0 saturated carbocycles. The lowest BCUT2D eigenvalue weighted by Crippen LogP contribution is -2.16. The smallest absolute Gasteiger partial charge is 0.270 e. The Bertz CT molecular complexity index is 597. The molecule has 0 fully saturated rings. The van der Waals surface area contributed by atoms with Crippen LogP contribution in [-0.2, 0) is 0 Å². The Morgan fingerprint density at radius 1 is 1.19 bits per heavy atom. The molecule has 3 heteroatoms. The highest BCUT2D eigenvalue weighted by Crippen LogP contribution is 2.16. The molecule has 0 aliphatic carbocycles. The fourth-order valence-electron chi connectivity index (χ4n) is 1.75. The van der Waals surface area contributed by atoms with Crippen LogP contribution in [0.15, 0.2) is 16.9 Å². The van der Waals surface area contributed by atoms with Crippen LogP contribution in [0.5, 0.6) is 0 Å². The normalized spacial score (nSPS) is 11.3. The minimum absolute atomic E-state index is 0.0780. The molecule has 16 heavy (non-hydrogen) atoms. The number of fused-ring (bicyclic) bond motifs is 1. The van der Waals surface area contributed by atoms with Crippen LogP contribution in [0.2, 0.25) is 0 Å². The van der Waals surface area contributed by atoms with Gasteiger partial charge in [0.2, 0.25) is 0 Å². The number of hydrogen-bond acceptors (Lipinski definition) is 2.